The van der Waals surface area contributed by atoms with Gasteiger partial charge in [0.05, 0.1) is 6.21 Å². The highest BCUT2D eigenvalue weighted by atomic mass is 16.5. The topological polar surface area (TPSA) is 46.5 Å². The van der Waals surface area contributed by atoms with Gasteiger partial charge in [-0.15, -0.1) is 0 Å². The smallest absolute Gasteiger partial charge is 0.200 e. The molecule has 4 bridgehead atoms. The van der Waals surface area contributed by atoms with E-state index in [-0.39, 0.29) is 0 Å². The summed E-state index contributed by atoms with van der Waals surface area (Å²) in [5.41, 5.74) is 0.522. The van der Waals surface area contributed by atoms with Crippen molar-refractivity contribution in [1.29, 1.82) is 0 Å². The molecule has 2 aromatic rings. The average molecular weight is 319 g/mol. The fraction of sp³-hybridized carbons (Fsp3) is 0.500. The lowest BCUT2D eigenvalue weighted by Crippen LogP contribution is -2.59. The van der Waals surface area contributed by atoms with Gasteiger partial charge in [-0.1, -0.05) is 6.07 Å². The lowest BCUT2D eigenvalue weighted by molar-refractivity contribution is 0.0278. The van der Waals surface area contributed by atoms with Gasteiger partial charge in [0.25, 0.3) is 0 Å². The average Bonchev–Trinajstić information content (AvgIpc) is 2.75. The third-order valence-electron chi connectivity index (χ3n) is 6.60. The van der Waals surface area contributed by atoms with Crippen LogP contribution in [0.3, 0.4) is 0 Å². The molecule has 24 heavy (non-hydrogen) atoms. The van der Waals surface area contributed by atoms with Gasteiger partial charge in [0.2, 0.25) is 0 Å². The zero-order chi connectivity index (χ0) is 15.7. The summed E-state index contributed by atoms with van der Waals surface area (Å²) in [5.74, 6) is 3.18. The second kappa shape index (κ2) is 4.57. The maximum Gasteiger partial charge on any atom is 0.200 e. The van der Waals surface area contributed by atoms with Crippen LogP contribution in [0.2, 0.25) is 0 Å². The van der Waals surface area contributed by atoms with E-state index in [0.717, 1.165) is 34.0 Å². The zero-order valence-electron chi connectivity index (χ0n) is 13.6. The zero-order valence-corrected chi connectivity index (χ0v) is 13.6. The minimum atomic E-state index is -0.405. The van der Waals surface area contributed by atoms with E-state index in [1.807, 2.05) is 18.5 Å². The molecule has 4 heterocycles. The molecule has 5 aliphatic rings. The van der Waals surface area contributed by atoms with Gasteiger partial charge in [-0.05, 0) is 61.5 Å². The molecule has 1 N–H and O–H groups in total. The maximum atomic E-state index is 6.64. The Kier molecular flexibility index (Phi) is 2.54. The van der Waals surface area contributed by atoms with Crippen molar-refractivity contribution in [3.8, 4) is 5.75 Å². The molecule has 0 amide bonds. The van der Waals surface area contributed by atoms with E-state index in [1.165, 1.54) is 32.1 Å². The highest BCUT2D eigenvalue weighted by Crippen LogP contribution is 2.51. The molecule has 3 aliphatic heterocycles. The summed E-state index contributed by atoms with van der Waals surface area (Å²) in [6.45, 7) is 0. The summed E-state index contributed by atoms with van der Waals surface area (Å²) < 4.78 is 6.64. The second-order valence-electron chi connectivity index (χ2n) is 8.11. The van der Waals surface area contributed by atoms with Gasteiger partial charge in [0.1, 0.15) is 11.4 Å². The molecule has 2 saturated heterocycles. The molecule has 1 spiro atoms. The van der Waals surface area contributed by atoms with Crippen molar-refractivity contribution in [2.45, 2.75) is 43.9 Å². The van der Waals surface area contributed by atoms with Crippen LogP contribution in [-0.4, -0.2) is 23.0 Å². The Bertz CT molecular complexity index is 849. The molecule has 2 aliphatic carbocycles. The van der Waals surface area contributed by atoms with Gasteiger partial charge < -0.3 is 4.74 Å². The van der Waals surface area contributed by atoms with E-state index in [2.05, 4.69) is 28.6 Å². The number of nitrogens with zero attached hydrogens (tertiary/aromatic N) is 2. The first-order chi connectivity index (χ1) is 11.8. The van der Waals surface area contributed by atoms with Crippen LogP contribution in [0.5, 0.6) is 5.75 Å². The van der Waals surface area contributed by atoms with Gasteiger partial charge in [-0.25, -0.2) is 0 Å². The molecule has 4 fully saturated rings. The molecule has 1 aromatic carbocycles. The predicted octanol–water partition coefficient (Wildman–Crippen LogP) is 3.82. The number of hydrogen-bond acceptors (Lipinski definition) is 4. The Balaban J connectivity index is 1.47. The fourth-order valence-electron chi connectivity index (χ4n) is 5.72. The number of aliphatic imine (C=N–C) groups is 1. The van der Waals surface area contributed by atoms with E-state index in [0.29, 0.717) is 12.0 Å². The summed E-state index contributed by atoms with van der Waals surface area (Å²) >= 11 is 0. The maximum absolute atomic E-state index is 6.64. The van der Waals surface area contributed by atoms with Crippen LogP contribution in [0.4, 0.5) is 5.69 Å². The minimum absolute atomic E-state index is 0.405. The van der Waals surface area contributed by atoms with Gasteiger partial charge in [-0.3, -0.25) is 15.3 Å². The van der Waals surface area contributed by atoms with Crippen molar-refractivity contribution in [2.75, 3.05) is 0 Å². The SMILES string of the molecule is C1=Nc2c(ccc3ccncc23)OC12NC1CC3CC(C1)CC2C3. The van der Waals surface area contributed by atoms with Crippen LogP contribution in [0.1, 0.15) is 32.1 Å². The van der Waals surface area contributed by atoms with Crippen LogP contribution in [0.25, 0.3) is 10.8 Å². The number of fused-ring (bicyclic) bond motifs is 3. The van der Waals surface area contributed by atoms with Crippen molar-refractivity contribution in [3.05, 3.63) is 30.6 Å². The molecule has 7 rings (SSSR count). The highest BCUT2D eigenvalue weighted by Gasteiger charge is 2.53. The summed E-state index contributed by atoms with van der Waals surface area (Å²) in [6.07, 6.45) is 12.4. The summed E-state index contributed by atoms with van der Waals surface area (Å²) in [5, 5.41) is 6.09. The van der Waals surface area contributed by atoms with E-state index < -0.39 is 5.72 Å². The molecule has 4 heteroatoms. The summed E-state index contributed by atoms with van der Waals surface area (Å²) in [6, 6.07) is 6.80. The van der Waals surface area contributed by atoms with Gasteiger partial charge in [0.15, 0.2) is 5.72 Å². The van der Waals surface area contributed by atoms with E-state index in [4.69, 9.17) is 9.73 Å². The third-order valence-corrected chi connectivity index (χ3v) is 6.60. The third kappa shape index (κ3) is 1.78. The second-order valence-corrected chi connectivity index (χ2v) is 8.11. The Morgan fingerprint density at radius 1 is 1.04 bits per heavy atom. The number of pyridine rings is 1. The lowest BCUT2D eigenvalue weighted by Gasteiger charge is -2.42. The standard InChI is InChI=1S/C20H21N3O/c1-2-18-19(17-10-21-4-3-14(1)17)22-11-20(24-18)15-6-12-5-13(7-15)9-16(8-12)23-20/h1-4,10-13,15-16,23H,5-9H2. The monoisotopic (exact) mass is 319 g/mol. The first-order valence-corrected chi connectivity index (χ1v) is 9.18. The Hall–Kier alpha value is -1.94. The molecule has 2 saturated carbocycles. The van der Waals surface area contributed by atoms with Crippen molar-refractivity contribution in [1.82, 2.24) is 10.3 Å². The molecule has 3 unspecified atom stereocenters. The molecule has 3 atom stereocenters. The van der Waals surface area contributed by atoms with Crippen molar-refractivity contribution < 1.29 is 4.74 Å². The molecule has 1 aromatic heterocycles. The lowest BCUT2D eigenvalue weighted by atomic mass is 9.67. The van der Waals surface area contributed by atoms with Crippen molar-refractivity contribution >= 4 is 22.7 Å². The van der Waals surface area contributed by atoms with Crippen LogP contribution < -0.4 is 10.1 Å². The van der Waals surface area contributed by atoms with Crippen molar-refractivity contribution in [2.24, 2.45) is 22.7 Å². The van der Waals surface area contributed by atoms with Crippen LogP contribution >= 0.6 is 0 Å². The van der Waals surface area contributed by atoms with Crippen molar-refractivity contribution in [3.63, 3.8) is 0 Å². The van der Waals surface area contributed by atoms with Crippen LogP contribution in [0, 0.1) is 17.8 Å². The minimum Gasteiger partial charge on any atom is -0.465 e. The fourth-order valence-corrected chi connectivity index (χ4v) is 5.72. The molecule has 0 radical (unpaired) electrons. The Morgan fingerprint density at radius 2 is 1.92 bits per heavy atom. The first kappa shape index (κ1) is 13.4. The predicted molar refractivity (Wildman–Crippen MR) is 93.7 cm³/mol. The largest absolute Gasteiger partial charge is 0.465 e. The first-order valence-electron chi connectivity index (χ1n) is 9.18. The quantitative estimate of drug-likeness (QED) is 0.803. The van der Waals surface area contributed by atoms with Crippen LogP contribution in [-0.2, 0) is 0 Å². The number of rotatable bonds is 0. The molecular weight excluding hydrogens is 298 g/mol. The summed E-state index contributed by atoms with van der Waals surface area (Å²) in [4.78, 5) is 9.15. The van der Waals surface area contributed by atoms with Gasteiger partial charge in [-0.2, -0.15) is 0 Å². The highest BCUT2D eigenvalue weighted by molar-refractivity contribution is 5.97. The summed E-state index contributed by atoms with van der Waals surface area (Å²) in [7, 11) is 0. The van der Waals surface area contributed by atoms with E-state index in [1.54, 1.807) is 0 Å². The number of aromatic nitrogens is 1. The van der Waals surface area contributed by atoms with Gasteiger partial charge >= 0.3 is 0 Å². The van der Waals surface area contributed by atoms with Crippen LogP contribution in [0.15, 0.2) is 35.6 Å². The van der Waals surface area contributed by atoms with Gasteiger partial charge in [0, 0.05) is 29.7 Å². The van der Waals surface area contributed by atoms with E-state index in [9.17, 15) is 0 Å². The molecule has 4 nitrogen and oxygen atoms in total. The Labute approximate surface area is 141 Å². The Morgan fingerprint density at radius 3 is 2.79 bits per heavy atom. The van der Waals surface area contributed by atoms with E-state index >= 15 is 0 Å². The normalized spacial score (nSPS) is 39.0. The molecule has 122 valence electrons. The number of ether oxygens (including phenoxy) is 1. The molecular formula is C20H21N3O. The number of nitrogens with one attached hydrogen (secondary N) is 1. The number of hydrogen-bond donors (Lipinski definition) is 1. The number of benzene rings is 1.